The first-order valence-electron chi connectivity index (χ1n) is 6.14. The van der Waals surface area contributed by atoms with Gasteiger partial charge < -0.3 is 0 Å². The van der Waals surface area contributed by atoms with Gasteiger partial charge in [0.05, 0.1) is 0 Å². The van der Waals surface area contributed by atoms with Gasteiger partial charge in [0, 0.05) is 0 Å². The van der Waals surface area contributed by atoms with Crippen molar-refractivity contribution in [3.05, 3.63) is 11.6 Å². The van der Waals surface area contributed by atoms with Crippen LogP contribution in [-0.2, 0) is 0 Å². The first-order valence-corrected chi connectivity index (χ1v) is 6.14. The Morgan fingerprint density at radius 1 is 1.43 bits per heavy atom. The summed E-state index contributed by atoms with van der Waals surface area (Å²) in [6, 6.07) is 0. The molecule has 0 N–H and O–H groups in total. The Morgan fingerprint density at radius 2 is 2.07 bits per heavy atom. The van der Waals surface area contributed by atoms with Crippen LogP contribution in [0.5, 0.6) is 0 Å². The van der Waals surface area contributed by atoms with Crippen LogP contribution in [-0.4, -0.2) is 7.28 Å². The van der Waals surface area contributed by atoms with Crippen molar-refractivity contribution in [1.82, 2.24) is 0 Å². The van der Waals surface area contributed by atoms with Crippen LogP contribution in [0.2, 0.25) is 12.6 Å². The second-order valence-corrected chi connectivity index (χ2v) is 5.93. The van der Waals surface area contributed by atoms with Crippen molar-refractivity contribution in [3.63, 3.8) is 0 Å². The molecule has 0 aromatic carbocycles. The molecule has 0 fully saturated rings. The highest BCUT2D eigenvalue weighted by Crippen LogP contribution is 2.39. The van der Waals surface area contributed by atoms with E-state index in [0.717, 1.165) is 11.7 Å². The van der Waals surface area contributed by atoms with Gasteiger partial charge in [-0.2, -0.15) is 0 Å². The summed E-state index contributed by atoms with van der Waals surface area (Å²) < 4.78 is 0. The van der Waals surface area contributed by atoms with E-state index in [9.17, 15) is 0 Å². The molecule has 0 heterocycles. The van der Waals surface area contributed by atoms with Gasteiger partial charge in [-0.25, -0.2) is 0 Å². The number of rotatable bonds is 2. The van der Waals surface area contributed by atoms with Gasteiger partial charge in [0.1, 0.15) is 7.28 Å². The average molecular weight is 192 g/mol. The zero-order chi connectivity index (χ0) is 10.8. The molecule has 1 rings (SSSR count). The zero-order valence-electron chi connectivity index (χ0n) is 10.6. The highest BCUT2D eigenvalue weighted by Gasteiger charge is 2.26. The summed E-state index contributed by atoms with van der Waals surface area (Å²) in [7, 11) is 1.30. The van der Waals surface area contributed by atoms with Crippen molar-refractivity contribution in [2.75, 3.05) is 0 Å². The molecule has 0 aromatic rings. The molecule has 2 atom stereocenters. The first kappa shape index (κ1) is 11.9. The third kappa shape index (κ3) is 2.90. The molecule has 0 aromatic heterocycles. The van der Waals surface area contributed by atoms with E-state index in [4.69, 9.17) is 0 Å². The van der Waals surface area contributed by atoms with Gasteiger partial charge in [0.2, 0.25) is 0 Å². The smallest absolute Gasteiger partial charge is 0.0888 e. The minimum Gasteiger partial charge on any atom is -0.0888 e. The summed E-state index contributed by atoms with van der Waals surface area (Å²) in [5.74, 6) is 1.71. The monoisotopic (exact) mass is 192 g/mol. The highest BCUT2D eigenvalue weighted by molar-refractivity contribution is 6.36. The number of hydrogen-bond donors (Lipinski definition) is 0. The van der Waals surface area contributed by atoms with Gasteiger partial charge in [-0.15, -0.1) is 0 Å². The van der Waals surface area contributed by atoms with E-state index in [1.807, 2.05) is 0 Å². The first-order chi connectivity index (χ1) is 6.45. The lowest BCUT2D eigenvalue weighted by molar-refractivity contribution is 0.220. The van der Waals surface area contributed by atoms with Crippen LogP contribution in [0.4, 0.5) is 0 Å². The summed E-state index contributed by atoms with van der Waals surface area (Å²) in [5.41, 5.74) is 2.21. The molecule has 0 aliphatic heterocycles. The Morgan fingerprint density at radius 3 is 2.43 bits per heavy atom. The third-order valence-electron chi connectivity index (χ3n) is 3.92. The lowest BCUT2D eigenvalue weighted by Gasteiger charge is -2.34. The van der Waals surface area contributed by atoms with Crippen LogP contribution in [0, 0.1) is 11.3 Å². The largest absolute Gasteiger partial charge is 0.125 e. The Bertz CT molecular complexity index is 210. The van der Waals surface area contributed by atoms with Crippen molar-refractivity contribution in [1.29, 1.82) is 0 Å². The molecule has 2 unspecified atom stereocenters. The van der Waals surface area contributed by atoms with Gasteiger partial charge in [-0.05, 0) is 36.4 Å². The summed E-state index contributed by atoms with van der Waals surface area (Å²) in [6.45, 7) is 11.8. The highest BCUT2D eigenvalue weighted by atomic mass is 14.3. The molecule has 0 nitrogen and oxygen atoms in total. The molecule has 1 aliphatic carbocycles. The second-order valence-electron chi connectivity index (χ2n) is 5.93. The van der Waals surface area contributed by atoms with Crippen LogP contribution in [0.15, 0.2) is 11.6 Å². The minimum atomic E-state index is 0.498. The zero-order valence-corrected chi connectivity index (χ0v) is 10.6. The van der Waals surface area contributed by atoms with Crippen molar-refractivity contribution in [2.24, 2.45) is 11.3 Å². The summed E-state index contributed by atoms with van der Waals surface area (Å²) in [6.07, 6.45) is 6.58. The molecule has 0 spiro atoms. The normalized spacial score (nSPS) is 25.5. The molecule has 0 saturated heterocycles. The van der Waals surface area contributed by atoms with Crippen LogP contribution in [0.25, 0.3) is 0 Å². The standard InChI is InChI=1S/C13H25B/c1-10(14-5)11-6-8-12(9-7-11)13(2,3)4/h6,10,12,14H,7-9H2,1-5H3. The molecular weight excluding hydrogens is 167 g/mol. The average Bonchev–Trinajstić information content (AvgIpc) is 2.15. The van der Waals surface area contributed by atoms with E-state index in [0.29, 0.717) is 5.41 Å². The third-order valence-corrected chi connectivity index (χ3v) is 3.92. The van der Waals surface area contributed by atoms with E-state index in [1.165, 1.54) is 26.5 Å². The number of hydrogen-bond acceptors (Lipinski definition) is 0. The minimum absolute atomic E-state index is 0.498. The van der Waals surface area contributed by atoms with Crippen LogP contribution < -0.4 is 0 Å². The van der Waals surface area contributed by atoms with Gasteiger partial charge in [-0.3, -0.25) is 0 Å². The van der Waals surface area contributed by atoms with Crippen molar-refractivity contribution < 1.29 is 0 Å². The fourth-order valence-corrected chi connectivity index (χ4v) is 2.35. The molecule has 0 radical (unpaired) electrons. The SMILES string of the molecule is CBC(C)C1=CCC(C(C)(C)C)CC1. The quantitative estimate of drug-likeness (QED) is 0.457. The van der Waals surface area contributed by atoms with E-state index in [1.54, 1.807) is 5.57 Å². The summed E-state index contributed by atoms with van der Waals surface area (Å²) >= 11 is 0. The maximum atomic E-state index is 2.52. The Kier molecular flexibility index (Phi) is 3.86. The summed E-state index contributed by atoms with van der Waals surface area (Å²) in [5, 5.41) is 0. The Labute approximate surface area is 90.4 Å². The van der Waals surface area contributed by atoms with E-state index < -0.39 is 0 Å². The van der Waals surface area contributed by atoms with Crippen LogP contribution in [0.1, 0.15) is 47.0 Å². The van der Waals surface area contributed by atoms with E-state index in [-0.39, 0.29) is 0 Å². The topological polar surface area (TPSA) is 0 Å². The number of allylic oxidation sites excluding steroid dienone is 2. The fourth-order valence-electron chi connectivity index (χ4n) is 2.35. The Hall–Kier alpha value is -0.195. The maximum absolute atomic E-state index is 2.52. The van der Waals surface area contributed by atoms with Crippen molar-refractivity contribution in [3.8, 4) is 0 Å². The predicted octanol–water partition coefficient (Wildman–Crippen LogP) is 4.05. The molecular formula is C13H25B. The van der Waals surface area contributed by atoms with Crippen LogP contribution >= 0.6 is 0 Å². The van der Waals surface area contributed by atoms with E-state index in [2.05, 4.69) is 40.6 Å². The lowest BCUT2D eigenvalue weighted by atomic mass is 9.61. The fraction of sp³-hybridized carbons (Fsp3) is 0.846. The molecule has 1 aliphatic rings. The molecule has 1 heteroatoms. The molecule has 0 saturated carbocycles. The Balaban J connectivity index is 2.55. The lowest BCUT2D eigenvalue weighted by Crippen LogP contribution is -2.22. The second kappa shape index (κ2) is 4.55. The molecule has 0 amide bonds. The predicted molar refractivity (Wildman–Crippen MR) is 67.3 cm³/mol. The van der Waals surface area contributed by atoms with E-state index >= 15 is 0 Å². The molecule has 0 bridgehead atoms. The summed E-state index contributed by atoms with van der Waals surface area (Å²) in [4.78, 5) is 0. The van der Waals surface area contributed by atoms with Gasteiger partial charge >= 0.3 is 0 Å². The van der Waals surface area contributed by atoms with Crippen molar-refractivity contribution >= 4 is 7.28 Å². The van der Waals surface area contributed by atoms with Crippen LogP contribution in [0.3, 0.4) is 0 Å². The maximum Gasteiger partial charge on any atom is 0.125 e. The van der Waals surface area contributed by atoms with Gasteiger partial charge in [0.15, 0.2) is 0 Å². The van der Waals surface area contributed by atoms with Crippen molar-refractivity contribution in [2.45, 2.75) is 59.6 Å². The molecule has 80 valence electrons. The molecule has 14 heavy (non-hydrogen) atoms. The van der Waals surface area contributed by atoms with Gasteiger partial charge in [-0.1, -0.05) is 46.2 Å². The van der Waals surface area contributed by atoms with Gasteiger partial charge in [0.25, 0.3) is 0 Å².